The van der Waals surface area contributed by atoms with Crippen molar-refractivity contribution in [2.45, 2.75) is 118 Å². The van der Waals surface area contributed by atoms with Crippen molar-refractivity contribution in [3.63, 3.8) is 0 Å². The summed E-state index contributed by atoms with van der Waals surface area (Å²) in [6.07, 6.45) is 21.7. The lowest BCUT2D eigenvalue weighted by Gasteiger charge is -2.58. The number of carbonyl (C=O) groups excluding carboxylic acids is 1. The quantitative estimate of drug-likeness (QED) is 0.0821. The Balaban J connectivity index is 1.05. The molecule has 0 radical (unpaired) electrons. The number of hydrogen-bond acceptors (Lipinski definition) is 5. The fourth-order valence-electron chi connectivity index (χ4n) is 10.4. The molecule has 10 atom stereocenters. The van der Waals surface area contributed by atoms with Crippen LogP contribution in [0.2, 0.25) is 0 Å². The monoisotopic (exact) mass is 699 g/mol. The molecule has 5 rings (SSSR count). The summed E-state index contributed by atoms with van der Waals surface area (Å²) >= 11 is 0. The molecule has 3 fully saturated rings. The van der Waals surface area contributed by atoms with Gasteiger partial charge in [-0.3, -0.25) is 9.05 Å². The van der Waals surface area contributed by atoms with Crippen LogP contribution in [0.1, 0.15) is 106 Å². The Kier molecular flexibility index (Phi) is 12.9. The van der Waals surface area contributed by atoms with Crippen LogP contribution in [-0.2, 0) is 24.9 Å². The van der Waals surface area contributed by atoms with Crippen molar-refractivity contribution in [1.82, 2.24) is 5.32 Å². The second-order valence-electron chi connectivity index (χ2n) is 16.3. The lowest BCUT2D eigenvalue weighted by Crippen LogP contribution is -2.51. The molecule has 0 aromatic carbocycles. The lowest BCUT2D eigenvalue weighted by atomic mass is 9.47. The minimum Gasteiger partial charge on any atom is -0.446 e. The van der Waals surface area contributed by atoms with Gasteiger partial charge in [-0.15, -0.1) is 0 Å². The minimum absolute atomic E-state index is 0.00236. The van der Waals surface area contributed by atoms with Crippen molar-refractivity contribution in [3.8, 4) is 0 Å². The van der Waals surface area contributed by atoms with Crippen LogP contribution in [0, 0.1) is 52.3 Å². The molecule has 274 valence electrons. The van der Waals surface area contributed by atoms with Crippen LogP contribution in [0.15, 0.2) is 54.4 Å². The normalized spacial score (nSPS) is 33.6. The highest BCUT2D eigenvalue weighted by Crippen LogP contribution is 2.67. The number of ether oxygens (including phenoxy) is 1. The predicted octanol–water partition coefficient (Wildman–Crippen LogP) is 9.05. The Morgan fingerprint density at radius 3 is 2.53 bits per heavy atom. The largest absolute Gasteiger partial charge is 0.472 e. The number of rotatable bonds is 15. The van der Waals surface area contributed by atoms with Crippen molar-refractivity contribution in [3.05, 3.63) is 54.4 Å². The van der Waals surface area contributed by atoms with Crippen LogP contribution in [-0.4, -0.2) is 36.8 Å². The van der Waals surface area contributed by atoms with Crippen LogP contribution < -0.4 is 9.88 Å². The molecule has 0 bridgehead atoms. The lowest BCUT2D eigenvalue weighted by molar-refractivity contribution is -0.697. The van der Waals surface area contributed by atoms with Gasteiger partial charge in [-0.05, 0) is 110 Å². The van der Waals surface area contributed by atoms with Crippen LogP contribution in [0.5, 0.6) is 0 Å². The summed E-state index contributed by atoms with van der Waals surface area (Å²) in [5.74, 6) is 5.08. The highest BCUT2D eigenvalue weighted by molar-refractivity contribution is 7.47. The Bertz CT molecular complexity index is 1350. The molecular formula is C40H64N2O6P+. The number of nitrogens with zero attached hydrogens (tertiary/aromatic N) is 1. The SMILES string of the molecule is CC[C@H](C=C[C@@H](C)[C@H]1CCC2C3CC=C4C[C@@H](OC(=O)NCCCOP(=O)(O)OCC[n+]5ccccc5)CC[C@]4(C)C3CC[C@@]21C)C(C)C. The van der Waals surface area contributed by atoms with Crippen molar-refractivity contribution in [1.29, 1.82) is 0 Å². The van der Waals surface area contributed by atoms with E-state index < -0.39 is 13.9 Å². The number of phosphoric ester groups is 1. The van der Waals surface area contributed by atoms with Gasteiger partial charge in [0, 0.05) is 25.1 Å². The fraction of sp³-hybridized carbons (Fsp3) is 0.750. The number of allylic oxidation sites excluding steroid dienone is 3. The van der Waals surface area contributed by atoms with Gasteiger partial charge >= 0.3 is 13.9 Å². The standard InChI is InChI=1S/C40H63N2O6P/c1-7-31(29(2)3)13-12-30(4)35-16-17-36-34-15-14-32-28-33(18-20-39(32,5)37(34)19-21-40(35,36)6)48-38(43)41-22-11-26-46-49(44,45)47-27-25-42-23-9-8-10-24-42/h8-10,12-14,23-24,29-31,33-37H,7,11,15-22,25-28H2,1-6H3,(H-,41,43,44,45)/p+1/t30-,31-,33+,34?,35-,36?,37?,39+,40-/m1/s1. The fourth-order valence-corrected chi connectivity index (χ4v) is 11.2. The molecule has 3 saturated carbocycles. The Labute approximate surface area is 296 Å². The van der Waals surface area contributed by atoms with Crippen LogP contribution >= 0.6 is 7.82 Å². The number of carbonyl (C=O) groups is 1. The smallest absolute Gasteiger partial charge is 0.446 e. The predicted molar refractivity (Wildman–Crippen MR) is 193 cm³/mol. The molecule has 9 heteroatoms. The van der Waals surface area contributed by atoms with Crippen LogP contribution in [0.3, 0.4) is 0 Å². The van der Waals surface area contributed by atoms with Gasteiger partial charge < -0.3 is 14.9 Å². The van der Waals surface area contributed by atoms with E-state index in [9.17, 15) is 14.3 Å². The molecule has 8 nitrogen and oxygen atoms in total. The number of fused-ring (bicyclic) bond motifs is 5. The summed E-state index contributed by atoms with van der Waals surface area (Å²) in [7, 11) is -4.15. The van der Waals surface area contributed by atoms with Crippen molar-refractivity contribution < 1.29 is 32.6 Å². The zero-order chi connectivity index (χ0) is 35.2. The first kappa shape index (κ1) is 38.2. The van der Waals surface area contributed by atoms with E-state index in [1.54, 1.807) is 0 Å². The van der Waals surface area contributed by atoms with E-state index in [-0.39, 0.29) is 24.7 Å². The number of hydrogen-bond donors (Lipinski definition) is 2. The minimum atomic E-state index is -4.15. The first-order valence-electron chi connectivity index (χ1n) is 19.2. The maximum Gasteiger partial charge on any atom is 0.472 e. The zero-order valence-corrected chi connectivity index (χ0v) is 31.9. The zero-order valence-electron chi connectivity index (χ0n) is 31.0. The van der Waals surface area contributed by atoms with Gasteiger partial charge in [-0.1, -0.05) is 71.4 Å². The summed E-state index contributed by atoms with van der Waals surface area (Å²) in [5.41, 5.74) is 2.13. The maximum atomic E-state index is 12.7. The van der Waals surface area contributed by atoms with Gasteiger partial charge in [0.25, 0.3) is 0 Å². The molecule has 49 heavy (non-hydrogen) atoms. The topological polar surface area (TPSA) is 98.0 Å². The molecule has 1 amide bonds. The summed E-state index contributed by atoms with van der Waals surface area (Å²) < 4.78 is 30.0. The van der Waals surface area contributed by atoms with E-state index in [1.807, 2.05) is 35.2 Å². The average Bonchev–Trinajstić information content (AvgIpc) is 3.42. The van der Waals surface area contributed by atoms with Crippen molar-refractivity contribution in [2.24, 2.45) is 52.3 Å². The number of pyridine rings is 1. The molecule has 0 spiro atoms. The van der Waals surface area contributed by atoms with Crippen LogP contribution in [0.25, 0.3) is 0 Å². The Hall–Kier alpha value is -1.99. The molecular weight excluding hydrogens is 635 g/mol. The number of phosphoric acid groups is 1. The average molecular weight is 700 g/mol. The summed E-state index contributed by atoms with van der Waals surface area (Å²) in [6, 6.07) is 5.66. The van der Waals surface area contributed by atoms with E-state index in [1.165, 1.54) is 44.1 Å². The summed E-state index contributed by atoms with van der Waals surface area (Å²) in [5, 5.41) is 2.79. The molecule has 0 saturated heterocycles. The van der Waals surface area contributed by atoms with Crippen LogP contribution in [0.4, 0.5) is 4.79 Å². The maximum absolute atomic E-state index is 12.7. The molecule has 1 aromatic heterocycles. The van der Waals surface area contributed by atoms with Crippen molar-refractivity contribution >= 4 is 13.9 Å². The third-order valence-corrected chi connectivity index (χ3v) is 14.3. The molecule has 0 aliphatic heterocycles. The van der Waals surface area contributed by atoms with E-state index in [0.717, 1.165) is 42.9 Å². The molecule has 2 N–H and O–H groups in total. The number of alkyl carbamates (subject to hydrolysis) is 1. The van der Waals surface area contributed by atoms with E-state index in [0.29, 0.717) is 42.7 Å². The summed E-state index contributed by atoms with van der Waals surface area (Å²) in [4.78, 5) is 22.6. The summed E-state index contributed by atoms with van der Waals surface area (Å²) in [6.45, 7) is 15.4. The number of aromatic nitrogens is 1. The Morgan fingerprint density at radius 2 is 1.80 bits per heavy atom. The number of nitrogens with one attached hydrogen (secondary N) is 1. The van der Waals surface area contributed by atoms with Gasteiger partial charge in [-0.2, -0.15) is 0 Å². The van der Waals surface area contributed by atoms with Gasteiger partial charge in [0.05, 0.1) is 6.61 Å². The first-order valence-corrected chi connectivity index (χ1v) is 20.7. The molecule has 4 unspecified atom stereocenters. The van der Waals surface area contributed by atoms with Gasteiger partial charge in [0.15, 0.2) is 18.9 Å². The second-order valence-corrected chi connectivity index (χ2v) is 17.8. The molecule has 4 aliphatic carbocycles. The molecule has 1 aromatic rings. The van der Waals surface area contributed by atoms with E-state index in [2.05, 4.69) is 65.1 Å². The third-order valence-electron chi connectivity index (χ3n) is 13.3. The van der Waals surface area contributed by atoms with Gasteiger partial charge in [-0.25, -0.2) is 13.9 Å². The number of amides is 1. The van der Waals surface area contributed by atoms with Crippen molar-refractivity contribution in [2.75, 3.05) is 19.8 Å². The Morgan fingerprint density at radius 1 is 1.04 bits per heavy atom. The third kappa shape index (κ3) is 9.09. The highest BCUT2D eigenvalue weighted by Gasteiger charge is 2.59. The van der Waals surface area contributed by atoms with E-state index >= 15 is 0 Å². The first-order chi connectivity index (χ1) is 23.4. The van der Waals surface area contributed by atoms with Gasteiger partial charge in [0.2, 0.25) is 0 Å². The molecule has 4 aliphatic rings. The molecule has 1 heterocycles. The highest BCUT2D eigenvalue weighted by atomic mass is 31.2. The van der Waals surface area contributed by atoms with Gasteiger partial charge in [0.1, 0.15) is 12.7 Å². The van der Waals surface area contributed by atoms with E-state index in [4.69, 9.17) is 13.8 Å². The second kappa shape index (κ2) is 16.6.